The molecule has 1 aliphatic rings. The minimum Gasteiger partial charge on any atom is -0.435 e. The van der Waals surface area contributed by atoms with Crippen LogP contribution in [0, 0.1) is 5.92 Å². The van der Waals surface area contributed by atoms with Crippen LogP contribution in [0.3, 0.4) is 0 Å². The number of rotatable bonds is 13. The van der Waals surface area contributed by atoms with E-state index in [0.717, 1.165) is 0 Å². The van der Waals surface area contributed by atoms with E-state index >= 15 is 0 Å². The maximum absolute atomic E-state index is 13.5. The number of oxazole rings is 1. The molecule has 1 aromatic heterocycles. The number of amides is 2. The second-order valence-corrected chi connectivity index (χ2v) is 9.69. The summed E-state index contributed by atoms with van der Waals surface area (Å²) in [7, 11) is 0. The number of nitrogens with one attached hydrogen (secondary N) is 1. The van der Waals surface area contributed by atoms with Crippen molar-refractivity contribution in [1.82, 2.24) is 15.2 Å². The number of fused-ring (bicyclic) bond motifs is 1. The van der Waals surface area contributed by atoms with Gasteiger partial charge in [-0.05, 0) is 49.4 Å². The number of carbonyl (C=O) groups is 3. The van der Waals surface area contributed by atoms with Gasteiger partial charge in [-0.1, -0.05) is 37.3 Å². The topological polar surface area (TPSA) is 131 Å². The first kappa shape index (κ1) is 30.1. The SMILES string of the molecule is CCC(NC(=O)C(CCCc1ccccc1OC(F)F)C(O)C(=O)N1CCOCC1)C(=O)c1nc2ccccc2o1. The summed E-state index contributed by atoms with van der Waals surface area (Å²) in [5, 5.41) is 13.7. The van der Waals surface area contributed by atoms with Crippen molar-refractivity contribution in [3.05, 3.63) is 60.0 Å². The van der Waals surface area contributed by atoms with Gasteiger partial charge in [-0.15, -0.1) is 0 Å². The summed E-state index contributed by atoms with van der Waals surface area (Å²) >= 11 is 0. The lowest BCUT2D eigenvalue weighted by atomic mass is 9.91. The summed E-state index contributed by atoms with van der Waals surface area (Å²) in [6.45, 7) is -0.115. The molecule has 0 bridgehead atoms. The number of morpholine rings is 1. The molecule has 0 radical (unpaired) electrons. The number of para-hydroxylation sites is 3. The minimum absolute atomic E-state index is 0.0171. The van der Waals surface area contributed by atoms with Gasteiger partial charge >= 0.3 is 6.61 Å². The van der Waals surface area contributed by atoms with E-state index in [4.69, 9.17) is 9.15 Å². The smallest absolute Gasteiger partial charge is 0.387 e. The summed E-state index contributed by atoms with van der Waals surface area (Å²) in [4.78, 5) is 45.4. The van der Waals surface area contributed by atoms with Gasteiger partial charge in [-0.2, -0.15) is 8.78 Å². The standard InChI is InChI=1S/C29H33F2N3O7/c1-2-20(25(36)27-33-21-11-4-6-13-23(21)40-27)32-26(37)19(24(35)28(38)34-14-16-39-17-15-34)10-7-9-18-8-3-5-12-22(18)41-29(30)31/h3-6,8,11-13,19-20,24,29,35H,2,7,9-10,14-17H2,1H3,(H,32,37). The van der Waals surface area contributed by atoms with E-state index in [0.29, 0.717) is 29.9 Å². The van der Waals surface area contributed by atoms with Crippen molar-refractivity contribution in [2.45, 2.75) is 51.4 Å². The fourth-order valence-electron chi connectivity index (χ4n) is 4.77. The third-order valence-corrected chi connectivity index (χ3v) is 6.99. The molecule has 4 rings (SSSR count). The predicted molar refractivity (Wildman–Crippen MR) is 143 cm³/mol. The van der Waals surface area contributed by atoms with Crippen LogP contribution in [0.5, 0.6) is 5.75 Å². The highest BCUT2D eigenvalue weighted by atomic mass is 19.3. The maximum atomic E-state index is 13.5. The highest BCUT2D eigenvalue weighted by Crippen LogP contribution is 2.25. The van der Waals surface area contributed by atoms with Crippen molar-refractivity contribution in [3.63, 3.8) is 0 Å². The third kappa shape index (κ3) is 7.65. The van der Waals surface area contributed by atoms with Gasteiger partial charge < -0.3 is 29.2 Å². The number of carbonyl (C=O) groups excluding carboxylic acids is 3. The lowest BCUT2D eigenvalue weighted by molar-refractivity contribution is -0.151. The Bertz CT molecular complexity index is 1310. The van der Waals surface area contributed by atoms with Gasteiger partial charge in [0.2, 0.25) is 11.7 Å². The van der Waals surface area contributed by atoms with Crippen molar-refractivity contribution >= 4 is 28.7 Å². The molecule has 1 aliphatic heterocycles. The molecule has 3 atom stereocenters. The maximum Gasteiger partial charge on any atom is 0.387 e. The molecule has 2 N–H and O–H groups in total. The number of aryl methyl sites for hydroxylation is 1. The number of hydrogen-bond donors (Lipinski definition) is 2. The number of benzene rings is 2. The Kier molecular flexibility index (Phi) is 10.4. The number of hydrogen-bond acceptors (Lipinski definition) is 8. The second-order valence-electron chi connectivity index (χ2n) is 9.69. The Morgan fingerprint density at radius 3 is 2.51 bits per heavy atom. The lowest BCUT2D eigenvalue weighted by Crippen LogP contribution is -2.52. The quantitative estimate of drug-likeness (QED) is 0.298. The Morgan fingerprint density at radius 2 is 1.80 bits per heavy atom. The number of ketones is 1. The second kappa shape index (κ2) is 14.1. The molecule has 0 aliphatic carbocycles. The van der Waals surface area contributed by atoms with Crippen LogP contribution in [0.4, 0.5) is 8.78 Å². The van der Waals surface area contributed by atoms with Crippen LogP contribution in [-0.2, 0) is 20.7 Å². The van der Waals surface area contributed by atoms with E-state index < -0.39 is 42.3 Å². The number of aliphatic hydroxyl groups excluding tert-OH is 1. The van der Waals surface area contributed by atoms with Gasteiger partial charge in [0, 0.05) is 13.1 Å². The van der Waals surface area contributed by atoms with Gasteiger partial charge in [0.1, 0.15) is 17.4 Å². The zero-order valence-corrected chi connectivity index (χ0v) is 22.6. The molecular weight excluding hydrogens is 540 g/mol. The van der Waals surface area contributed by atoms with Crippen molar-refractivity contribution in [2.75, 3.05) is 26.3 Å². The number of aromatic nitrogens is 1. The van der Waals surface area contributed by atoms with Crippen molar-refractivity contribution in [3.8, 4) is 5.75 Å². The van der Waals surface area contributed by atoms with Crippen LogP contribution >= 0.6 is 0 Å². The highest BCUT2D eigenvalue weighted by Gasteiger charge is 2.37. The van der Waals surface area contributed by atoms with E-state index in [1.54, 1.807) is 49.4 Å². The Labute approximate surface area is 235 Å². The fraction of sp³-hybridized carbons (Fsp3) is 0.448. The fourth-order valence-corrected chi connectivity index (χ4v) is 4.77. The lowest BCUT2D eigenvalue weighted by Gasteiger charge is -2.31. The largest absolute Gasteiger partial charge is 0.435 e. The van der Waals surface area contributed by atoms with Crippen molar-refractivity contribution in [1.29, 1.82) is 0 Å². The molecule has 2 amide bonds. The number of alkyl halides is 2. The van der Waals surface area contributed by atoms with E-state index in [2.05, 4.69) is 15.0 Å². The molecule has 0 spiro atoms. The number of ether oxygens (including phenoxy) is 2. The summed E-state index contributed by atoms with van der Waals surface area (Å²) in [6.07, 6.45) is -0.908. The van der Waals surface area contributed by atoms with E-state index in [9.17, 15) is 28.3 Å². The first-order chi connectivity index (χ1) is 19.8. The van der Waals surface area contributed by atoms with Crippen LogP contribution in [0.15, 0.2) is 52.9 Å². The van der Waals surface area contributed by atoms with Crippen LogP contribution in [-0.4, -0.2) is 77.6 Å². The summed E-state index contributed by atoms with van der Waals surface area (Å²) < 4.78 is 41.1. The average molecular weight is 574 g/mol. The van der Waals surface area contributed by atoms with Crippen LogP contribution in [0.2, 0.25) is 0 Å². The normalized spacial score (nSPS) is 15.9. The van der Waals surface area contributed by atoms with Gasteiger partial charge in [0.15, 0.2) is 5.58 Å². The molecule has 1 saturated heterocycles. The number of nitrogens with zero attached hydrogens (tertiary/aromatic N) is 2. The zero-order chi connectivity index (χ0) is 29.4. The predicted octanol–water partition coefficient (Wildman–Crippen LogP) is 3.37. The molecule has 10 nitrogen and oxygen atoms in total. The van der Waals surface area contributed by atoms with Crippen LogP contribution in [0.1, 0.15) is 42.4 Å². The first-order valence-corrected chi connectivity index (χ1v) is 13.6. The summed E-state index contributed by atoms with van der Waals surface area (Å²) in [6, 6.07) is 12.2. The Balaban J connectivity index is 1.49. The molecule has 3 unspecified atom stereocenters. The highest BCUT2D eigenvalue weighted by molar-refractivity contribution is 6.00. The van der Waals surface area contributed by atoms with Crippen molar-refractivity contribution < 1.29 is 42.2 Å². The van der Waals surface area contributed by atoms with Crippen LogP contribution in [0.25, 0.3) is 11.1 Å². The molecule has 2 aromatic carbocycles. The third-order valence-electron chi connectivity index (χ3n) is 6.99. The molecule has 3 aromatic rings. The summed E-state index contributed by atoms with van der Waals surface area (Å²) in [5.74, 6) is -3.19. The minimum atomic E-state index is -2.99. The van der Waals surface area contributed by atoms with Crippen molar-refractivity contribution in [2.24, 2.45) is 5.92 Å². The number of Topliss-reactive ketones (excluding diaryl/α,β-unsaturated/α-hetero) is 1. The van der Waals surface area contributed by atoms with Gasteiger partial charge in [-0.25, -0.2) is 4.98 Å². The first-order valence-electron chi connectivity index (χ1n) is 13.6. The van der Waals surface area contributed by atoms with Gasteiger partial charge in [-0.3, -0.25) is 14.4 Å². The molecular formula is C29H33F2N3O7. The number of aliphatic hydroxyl groups is 1. The van der Waals surface area contributed by atoms with E-state index in [1.807, 2.05) is 0 Å². The molecule has 0 saturated carbocycles. The zero-order valence-electron chi connectivity index (χ0n) is 22.6. The summed E-state index contributed by atoms with van der Waals surface area (Å²) in [5.41, 5.74) is 1.42. The Hall–Kier alpha value is -3.90. The molecule has 12 heteroatoms. The van der Waals surface area contributed by atoms with Gasteiger partial charge in [0.25, 0.3) is 11.8 Å². The average Bonchev–Trinajstić information content (AvgIpc) is 3.42. The molecule has 41 heavy (non-hydrogen) atoms. The van der Waals surface area contributed by atoms with E-state index in [1.165, 1.54) is 11.0 Å². The van der Waals surface area contributed by atoms with Gasteiger partial charge in [0.05, 0.1) is 25.2 Å². The Morgan fingerprint density at radius 1 is 1.10 bits per heavy atom. The molecule has 1 fully saturated rings. The molecule has 2 heterocycles. The molecule has 220 valence electrons. The van der Waals surface area contributed by atoms with Crippen LogP contribution < -0.4 is 10.1 Å². The van der Waals surface area contributed by atoms with E-state index in [-0.39, 0.29) is 50.4 Å². The monoisotopic (exact) mass is 573 g/mol. The number of halogens is 2.